The van der Waals surface area contributed by atoms with Gasteiger partial charge in [-0.1, -0.05) is 90.4 Å². The number of hydrogen-bond acceptors (Lipinski definition) is 2. The van der Waals surface area contributed by atoms with Crippen molar-refractivity contribution in [2.45, 2.75) is 103 Å². The van der Waals surface area contributed by atoms with Crippen LogP contribution in [0.5, 0.6) is 0 Å². The van der Waals surface area contributed by atoms with Crippen LogP contribution >= 0.6 is 0 Å². The molecular formula is C19H39O2. The molecule has 0 spiro atoms. The van der Waals surface area contributed by atoms with Crippen molar-refractivity contribution in [2.75, 3.05) is 13.2 Å². The summed E-state index contributed by atoms with van der Waals surface area (Å²) in [6.07, 6.45) is 18.7. The van der Waals surface area contributed by atoms with Gasteiger partial charge in [0.25, 0.3) is 0 Å². The van der Waals surface area contributed by atoms with Gasteiger partial charge in [-0.25, -0.2) is 0 Å². The first-order valence-electron chi connectivity index (χ1n) is 9.36. The van der Waals surface area contributed by atoms with Crippen molar-refractivity contribution in [3.8, 4) is 0 Å². The van der Waals surface area contributed by atoms with Crippen LogP contribution in [0.4, 0.5) is 0 Å². The summed E-state index contributed by atoms with van der Waals surface area (Å²) >= 11 is 0. The largest absolute Gasteiger partial charge is 0.391 e. The first-order chi connectivity index (χ1) is 10.3. The number of unbranched alkanes of at least 4 members (excludes halogenated alkanes) is 13. The third-order valence-electron chi connectivity index (χ3n) is 3.95. The topological polar surface area (TPSA) is 29.5 Å². The van der Waals surface area contributed by atoms with Crippen molar-refractivity contribution < 1.29 is 9.84 Å². The molecule has 1 N–H and O–H groups in total. The van der Waals surface area contributed by atoms with Gasteiger partial charge in [-0.05, 0) is 13.3 Å². The highest BCUT2D eigenvalue weighted by Crippen LogP contribution is 2.12. The summed E-state index contributed by atoms with van der Waals surface area (Å²) in [5.74, 6) is 0. The second-order valence-electron chi connectivity index (χ2n) is 6.32. The molecule has 1 radical (unpaired) electrons. The summed E-state index contributed by atoms with van der Waals surface area (Å²) in [6, 6.07) is 0. The molecule has 21 heavy (non-hydrogen) atoms. The van der Waals surface area contributed by atoms with E-state index in [2.05, 4.69) is 13.8 Å². The highest BCUT2D eigenvalue weighted by molar-refractivity contribution is 4.53. The molecule has 0 saturated heterocycles. The van der Waals surface area contributed by atoms with Crippen LogP contribution in [0.25, 0.3) is 0 Å². The number of aliphatic hydroxyl groups is 1. The maximum Gasteiger partial charge on any atom is 0.0774 e. The molecule has 2 heteroatoms. The van der Waals surface area contributed by atoms with Gasteiger partial charge >= 0.3 is 0 Å². The number of rotatable bonds is 17. The van der Waals surface area contributed by atoms with E-state index in [-0.39, 0.29) is 0 Å². The molecular weight excluding hydrogens is 260 g/mol. The van der Waals surface area contributed by atoms with Crippen molar-refractivity contribution in [3.63, 3.8) is 0 Å². The molecule has 0 aromatic heterocycles. The quantitative estimate of drug-likeness (QED) is 0.350. The Kier molecular flexibility index (Phi) is 17.9. The molecule has 0 bridgehead atoms. The van der Waals surface area contributed by atoms with Crippen LogP contribution in [0.15, 0.2) is 0 Å². The van der Waals surface area contributed by atoms with Crippen LogP contribution in [0.1, 0.15) is 96.8 Å². The summed E-state index contributed by atoms with van der Waals surface area (Å²) < 4.78 is 5.29. The zero-order chi connectivity index (χ0) is 15.6. The first-order valence-corrected chi connectivity index (χ1v) is 9.36. The van der Waals surface area contributed by atoms with Gasteiger partial charge < -0.3 is 9.84 Å². The van der Waals surface area contributed by atoms with Crippen LogP contribution < -0.4 is 0 Å². The molecule has 1 atom stereocenters. The van der Waals surface area contributed by atoms with E-state index >= 15 is 0 Å². The Morgan fingerprint density at radius 3 is 1.48 bits per heavy atom. The predicted octanol–water partition coefficient (Wildman–Crippen LogP) is 5.68. The Hall–Kier alpha value is -0.0800. The van der Waals surface area contributed by atoms with E-state index in [0.717, 1.165) is 13.0 Å². The highest BCUT2D eigenvalue weighted by atomic mass is 16.5. The zero-order valence-electron chi connectivity index (χ0n) is 14.5. The Bertz CT molecular complexity index is 180. The molecule has 0 aromatic carbocycles. The molecule has 0 aliphatic heterocycles. The molecule has 0 saturated carbocycles. The van der Waals surface area contributed by atoms with Gasteiger partial charge in [0.05, 0.1) is 12.7 Å². The van der Waals surface area contributed by atoms with E-state index in [1.807, 2.05) is 0 Å². The van der Waals surface area contributed by atoms with Gasteiger partial charge in [-0.15, -0.1) is 0 Å². The van der Waals surface area contributed by atoms with Crippen molar-refractivity contribution in [1.29, 1.82) is 0 Å². The summed E-state index contributed by atoms with van der Waals surface area (Å²) in [7, 11) is 0. The van der Waals surface area contributed by atoms with E-state index in [0.29, 0.717) is 6.61 Å². The van der Waals surface area contributed by atoms with E-state index in [9.17, 15) is 0 Å². The number of aliphatic hydroxyl groups excluding tert-OH is 1. The summed E-state index contributed by atoms with van der Waals surface area (Å²) in [5, 5.41) is 8.93. The summed E-state index contributed by atoms with van der Waals surface area (Å²) in [6.45, 7) is 6.90. The van der Waals surface area contributed by atoms with Crippen LogP contribution in [0.2, 0.25) is 0 Å². The number of ether oxygens (including phenoxy) is 1. The fraction of sp³-hybridized carbons (Fsp3) is 0.947. The van der Waals surface area contributed by atoms with Gasteiger partial charge in [-0.2, -0.15) is 0 Å². The molecule has 0 heterocycles. The van der Waals surface area contributed by atoms with Gasteiger partial charge in [0.15, 0.2) is 0 Å². The maximum absolute atomic E-state index is 8.93. The lowest BCUT2D eigenvalue weighted by atomic mass is 10.0. The van der Waals surface area contributed by atoms with E-state index in [4.69, 9.17) is 9.84 Å². The normalized spacial score (nSPS) is 12.7. The molecule has 0 rings (SSSR count). The fourth-order valence-electron chi connectivity index (χ4n) is 2.62. The number of hydrogen-bond donors (Lipinski definition) is 1. The molecule has 0 aromatic rings. The van der Waals surface area contributed by atoms with Gasteiger partial charge in [-0.3, -0.25) is 0 Å². The standard InChI is InChI=1S/C19H39O2/c1-3-4-5-6-7-8-9-10-11-12-13-14-15-16-17-21-18-19(2)20/h19-20H,2-18H2,1H3. The fourth-order valence-corrected chi connectivity index (χ4v) is 2.62. The average Bonchev–Trinajstić information content (AvgIpc) is 2.46. The van der Waals surface area contributed by atoms with Crippen molar-refractivity contribution in [1.82, 2.24) is 0 Å². The molecule has 127 valence electrons. The van der Waals surface area contributed by atoms with Gasteiger partial charge in [0.1, 0.15) is 0 Å². The monoisotopic (exact) mass is 299 g/mol. The highest BCUT2D eigenvalue weighted by Gasteiger charge is 1.96. The van der Waals surface area contributed by atoms with E-state index in [1.165, 1.54) is 83.5 Å². The third kappa shape index (κ3) is 19.9. The van der Waals surface area contributed by atoms with Crippen molar-refractivity contribution >= 4 is 0 Å². The minimum Gasteiger partial charge on any atom is -0.391 e. The van der Waals surface area contributed by atoms with Gasteiger partial charge in [0, 0.05) is 6.61 Å². The van der Waals surface area contributed by atoms with E-state index in [1.54, 1.807) is 0 Å². The average molecular weight is 300 g/mol. The predicted molar refractivity (Wildman–Crippen MR) is 92.5 cm³/mol. The summed E-state index contributed by atoms with van der Waals surface area (Å²) in [5.41, 5.74) is 0. The van der Waals surface area contributed by atoms with Crippen LogP contribution in [0.3, 0.4) is 0 Å². The second kappa shape index (κ2) is 18.0. The van der Waals surface area contributed by atoms with Crippen LogP contribution in [0, 0.1) is 6.92 Å². The zero-order valence-corrected chi connectivity index (χ0v) is 14.5. The Labute approximate surface area is 133 Å². The van der Waals surface area contributed by atoms with Crippen LogP contribution in [-0.4, -0.2) is 24.4 Å². The van der Waals surface area contributed by atoms with Crippen LogP contribution in [-0.2, 0) is 4.74 Å². The Morgan fingerprint density at radius 2 is 1.10 bits per heavy atom. The first kappa shape index (κ1) is 20.9. The Balaban J connectivity index is 2.93. The third-order valence-corrected chi connectivity index (χ3v) is 3.95. The van der Waals surface area contributed by atoms with Crippen molar-refractivity contribution in [3.05, 3.63) is 6.92 Å². The minimum atomic E-state index is -0.573. The lowest BCUT2D eigenvalue weighted by molar-refractivity contribution is 0.0564. The molecule has 0 amide bonds. The van der Waals surface area contributed by atoms with E-state index < -0.39 is 6.10 Å². The second-order valence-corrected chi connectivity index (χ2v) is 6.32. The molecule has 0 fully saturated rings. The van der Waals surface area contributed by atoms with Crippen molar-refractivity contribution in [2.24, 2.45) is 0 Å². The summed E-state index contributed by atoms with van der Waals surface area (Å²) in [4.78, 5) is 0. The van der Waals surface area contributed by atoms with Gasteiger partial charge in [0.2, 0.25) is 0 Å². The molecule has 0 aliphatic carbocycles. The SMILES string of the molecule is [CH2]C(O)COCCCCCCCCCCCCCCCC. The Morgan fingerprint density at radius 1 is 0.714 bits per heavy atom. The lowest BCUT2D eigenvalue weighted by Crippen LogP contribution is -2.11. The molecule has 0 aliphatic rings. The smallest absolute Gasteiger partial charge is 0.0774 e. The minimum absolute atomic E-state index is 0.373. The molecule has 1 unspecified atom stereocenters. The maximum atomic E-state index is 8.93. The molecule has 2 nitrogen and oxygen atoms in total. The lowest BCUT2D eigenvalue weighted by Gasteiger charge is -2.06.